The van der Waals surface area contributed by atoms with Gasteiger partial charge in [0.1, 0.15) is 0 Å². The van der Waals surface area contributed by atoms with Crippen LogP contribution in [0.4, 0.5) is 0 Å². The van der Waals surface area contributed by atoms with Crippen LogP contribution in [-0.2, 0) is 4.79 Å². The van der Waals surface area contributed by atoms with Crippen molar-refractivity contribution in [2.24, 2.45) is 5.92 Å². The molecule has 1 aliphatic heterocycles. The number of halogens is 2. The lowest BCUT2D eigenvalue weighted by atomic mass is 10.0. The van der Waals surface area contributed by atoms with E-state index in [9.17, 15) is 9.90 Å². The molecule has 1 heterocycles. The van der Waals surface area contributed by atoms with Gasteiger partial charge in [0.2, 0.25) is 5.91 Å². The average Bonchev–Trinajstić information content (AvgIpc) is 2.80. The molecule has 20 heavy (non-hydrogen) atoms. The highest BCUT2D eigenvalue weighted by Gasteiger charge is 2.32. The van der Waals surface area contributed by atoms with E-state index in [0.29, 0.717) is 22.5 Å². The van der Waals surface area contributed by atoms with Crippen molar-refractivity contribution >= 4 is 35.2 Å². The van der Waals surface area contributed by atoms with Gasteiger partial charge in [-0.15, -0.1) is 0 Å². The number of aliphatic hydroxyl groups is 1. The Morgan fingerprint density at radius 1 is 1.45 bits per heavy atom. The van der Waals surface area contributed by atoms with Crippen LogP contribution in [0.2, 0.25) is 10.0 Å². The Hall–Kier alpha value is -1.03. The zero-order valence-corrected chi connectivity index (χ0v) is 12.7. The maximum Gasteiger partial charge on any atom is 0.246 e. The van der Waals surface area contributed by atoms with Crippen molar-refractivity contribution in [1.82, 2.24) is 4.90 Å². The number of hydrogen-bond donors (Lipinski definition) is 1. The fourth-order valence-electron chi connectivity index (χ4n) is 2.44. The molecule has 1 N–H and O–H groups in total. The summed E-state index contributed by atoms with van der Waals surface area (Å²) >= 11 is 11.8. The highest BCUT2D eigenvalue weighted by atomic mass is 35.5. The Labute approximate surface area is 128 Å². The topological polar surface area (TPSA) is 40.5 Å². The van der Waals surface area contributed by atoms with Gasteiger partial charge in [-0.1, -0.05) is 36.2 Å². The van der Waals surface area contributed by atoms with E-state index < -0.39 is 0 Å². The van der Waals surface area contributed by atoms with Crippen molar-refractivity contribution in [3.63, 3.8) is 0 Å². The number of aliphatic hydroxyl groups excluding tert-OH is 1. The molecule has 3 nitrogen and oxygen atoms in total. The van der Waals surface area contributed by atoms with E-state index >= 15 is 0 Å². The summed E-state index contributed by atoms with van der Waals surface area (Å²) in [6.07, 6.45) is 4.15. The quantitative estimate of drug-likeness (QED) is 0.870. The third-order valence-corrected chi connectivity index (χ3v) is 4.45. The van der Waals surface area contributed by atoms with E-state index in [-0.39, 0.29) is 18.6 Å². The maximum atomic E-state index is 12.2. The Balaban J connectivity index is 2.07. The number of hydrogen-bond acceptors (Lipinski definition) is 2. The van der Waals surface area contributed by atoms with E-state index in [2.05, 4.69) is 6.92 Å². The molecule has 1 aliphatic rings. The lowest BCUT2D eigenvalue weighted by Gasteiger charge is -2.23. The summed E-state index contributed by atoms with van der Waals surface area (Å²) in [7, 11) is 0. The van der Waals surface area contributed by atoms with Crippen LogP contribution in [0.1, 0.15) is 18.9 Å². The van der Waals surface area contributed by atoms with E-state index in [4.69, 9.17) is 23.2 Å². The van der Waals surface area contributed by atoms with E-state index in [1.165, 1.54) is 6.08 Å². The second kappa shape index (κ2) is 6.61. The zero-order valence-electron chi connectivity index (χ0n) is 11.2. The molecule has 0 bridgehead atoms. The van der Waals surface area contributed by atoms with Crippen molar-refractivity contribution in [2.75, 3.05) is 13.2 Å². The molecule has 1 aromatic carbocycles. The van der Waals surface area contributed by atoms with Crippen LogP contribution >= 0.6 is 23.2 Å². The van der Waals surface area contributed by atoms with Crippen molar-refractivity contribution in [2.45, 2.75) is 19.4 Å². The summed E-state index contributed by atoms with van der Waals surface area (Å²) in [5, 5.41) is 10.3. The summed E-state index contributed by atoms with van der Waals surface area (Å²) in [5.74, 6) is 0.252. The summed E-state index contributed by atoms with van der Waals surface area (Å²) in [6.45, 7) is 2.75. The molecule has 1 aromatic rings. The van der Waals surface area contributed by atoms with Gasteiger partial charge in [-0.3, -0.25) is 4.79 Å². The van der Waals surface area contributed by atoms with Crippen LogP contribution in [-0.4, -0.2) is 35.1 Å². The standard InChI is InChI=1S/C15H17Cl2NO2/c1-10-6-7-18(14(10)9-19)15(20)5-3-11-2-4-12(16)13(17)8-11/h2-5,8,10,14,19H,6-7,9H2,1H3/b5-3+. The molecule has 2 rings (SSSR count). The number of benzene rings is 1. The molecule has 0 aromatic heterocycles. The number of rotatable bonds is 3. The Kier molecular flexibility index (Phi) is 5.08. The minimum absolute atomic E-state index is 0.00746. The molecule has 1 amide bonds. The van der Waals surface area contributed by atoms with Gasteiger partial charge in [0, 0.05) is 12.6 Å². The zero-order chi connectivity index (χ0) is 14.7. The summed E-state index contributed by atoms with van der Waals surface area (Å²) in [6, 6.07) is 5.13. The van der Waals surface area contributed by atoms with Crippen LogP contribution < -0.4 is 0 Å². The summed E-state index contributed by atoms with van der Waals surface area (Å²) < 4.78 is 0. The molecule has 1 fully saturated rings. The van der Waals surface area contributed by atoms with Gasteiger partial charge in [-0.05, 0) is 36.1 Å². The highest BCUT2D eigenvalue weighted by Crippen LogP contribution is 2.25. The first-order valence-electron chi connectivity index (χ1n) is 6.57. The van der Waals surface area contributed by atoms with Gasteiger partial charge in [-0.2, -0.15) is 0 Å². The third-order valence-electron chi connectivity index (χ3n) is 3.71. The lowest BCUT2D eigenvalue weighted by molar-refractivity contribution is -0.127. The first-order valence-corrected chi connectivity index (χ1v) is 7.33. The van der Waals surface area contributed by atoms with Crippen molar-refractivity contribution < 1.29 is 9.90 Å². The molecule has 0 spiro atoms. The number of carbonyl (C=O) groups excluding carboxylic acids is 1. The summed E-state index contributed by atoms with van der Waals surface area (Å²) in [4.78, 5) is 13.9. The minimum atomic E-state index is -0.0838. The van der Waals surface area contributed by atoms with Crippen LogP contribution in [0.5, 0.6) is 0 Å². The van der Waals surface area contributed by atoms with Crippen molar-refractivity contribution in [3.8, 4) is 0 Å². The highest BCUT2D eigenvalue weighted by molar-refractivity contribution is 6.42. The fourth-order valence-corrected chi connectivity index (χ4v) is 2.75. The largest absolute Gasteiger partial charge is 0.394 e. The van der Waals surface area contributed by atoms with Gasteiger partial charge in [-0.25, -0.2) is 0 Å². The van der Waals surface area contributed by atoms with E-state index in [0.717, 1.165) is 12.0 Å². The molecule has 0 radical (unpaired) electrons. The molecule has 0 aliphatic carbocycles. The van der Waals surface area contributed by atoms with Crippen molar-refractivity contribution in [3.05, 3.63) is 39.9 Å². The second-order valence-electron chi connectivity index (χ2n) is 5.05. The van der Waals surface area contributed by atoms with E-state index in [1.54, 1.807) is 29.2 Å². The van der Waals surface area contributed by atoms with Gasteiger partial charge < -0.3 is 10.0 Å². The number of likely N-dealkylation sites (tertiary alicyclic amines) is 1. The Bertz CT molecular complexity index is 531. The number of amides is 1. The third kappa shape index (κ3) is 3.35. The molecular formula is C15H17Cl2NO2. The number of carbonyl (C=O) groups is 1. The first-order chi connectivity index (χ1) is 9.52. The first kappa shape index (κ1) is 15.4. The van der Waals surface area contributed by atoms with Gasteiger partial charge in [0.05, 0.1) is 22.7 Å². The van der Waals surface area contributed by atoms with E-state index in [1.807, 2.05) is 0 Å². The molecular weight excluding hydrogens is 297 g/mol. The molecule has 0 saturated carbocycles. The van der Waals surface area contributed by atoms with Crippen LogP contribution in [0.25, 0.3) is 6.08 Å². The smallest absolute Gasteiger partial charge is 0.246 e. The Morgan fingerprint density at radius 2 is 2.20 bits per heavy atom. The van der Waals surface area contributed by atoms with Crippen LogP contribution in [0.15, 0.2) is 24.3 Å². The summed E-state index contributed by atoms with van der Waals surface area (Å²) in [5.41, 5.74) is 0.820. The van der Waals surface area contributed by atoms with Gasteiger partial charge >= 0.3 is 0 Å². The predicted octanol–water partition coefficient (Wildman–Crippen LogP) is 3.24. The molecule has 108 valence electrons. The number of nitrogens with zero attached hydrogens (tertiary/aromatic N) is 1. The van der Waals surface area contributed by atoms with Crippen molar-refractivity contribution in [1.29, 1.82) is 0 Å². The molecule has 2 atom stereocenters. The minimum Gasteiger partial charge on any atom is -0.394 e. The van der Waals surface area contributed by atoms with Gasteiger partial charge in [0.15, 0.2) is 0 Å². The normalized spacial score (nSPS) is 22.7. The maximum absolute atomic E-state index is 12.2. The molecule has 2 unspecified atom stereocenters. The fraction of sp³-hybridized carbons (Fsp3) is 0.400. The van der Waals surface area contributed by atoms with Crippen LogP contribution in [0, 0.1) is 5.92 Å². The SMILES string of the molecule is CC1CCN(C(=O)/C=C/c2ccc(Cl)c(Cl)c2)C1CO. The van der Waals surface area contributed by atoms with Gasteiger partial charge in [0.25, 0.3) is 0 Å². The Morgan fingerprint density at radius 3 is 2.85 bits per heavy atom. The molecule has 5 heteroatoms. The van der Waals surface area contributed by atoms with Crippen LogP contribution in [0.3, 0.4) is 0 Å². The second-order valence-corrected chi connectivity index (χ2v) is 5.87. The molecule has 1 saturated heterocycles. The monoisotopic (exact) mass is 313 g/mol. The predicted molar refractivity (Wildman–Crippen MR) is 81.9 cm³/mol. The lowest BCUT2D eigenvalue weighted by Crippen LogP contribution is -2.38. The average molecular weight is 314 g/mol.